The maximum absolute atomic E-state index is 12.4. The zero-order valence-electron chi connectivity index (χ0n) is 9.70. The zero-order valence-corrected chi connectivity index (χ0v) is 11.3. The molecule has 3 rings (SSSR count). The number of carbonyl (C=O) groups is 1. The van der Waals surface area contributed by atoms with Crippen molar-refractivity contribution in [1.29, 1.82) is 0 Å². The normalized spacial score (nSPS) is 27.5. The van der Waals surface area contributed by atoms with E-state index in [1.807, 2.05) is 17.2 Å². The van der Waals surface area contributed by atoms with E-state index in [0.29, 0.717) is 21.9 Å². The highest BCUT2D eigenvalue weighted by Crippen LogP contribution is 2.33. The van der Waals surface area contributed by atoms with Crippen LogP contribution < -0.4 is 5.32 Å². The number of hydrogen-bond donors (Lipinski definition) is 1. The van der Waals surface area contributed by atoms with E-state index in [9.17, 15) is 4.79 Å². The molecule has 1 N–H and O–H groups in total. The third kappa shape index (κ3) is 1.79. The highest BCUT2D eigenvalue weighted by molar-refractivity contribution is 7.13. The van der Waals surface area contributed by atoms with Gasteiger partial charge in [-0.25, -0.2) is 0 Å². The Kier molecular flexibility index (Phi) is 2.89. The standard InChI is InChI=1S/C12H15ClN2OS/c1-7-6-17-11(10(7)13)12(16)15-3-2-8-4-14-5-9(8)15/h6,8-9,14H,2-5H2,1H3/t8-,9+/m0/s1. The number of aryl methyl sites for hydroxylation is 1. The van der Waals surface area contributed by atoms with Gasteiger partial charge in [0.25, 0.3) is 5.91 Å². The number of fused-ring (bicyclic) bond motifs is 1. The second-order valence-electron chi connectivity index (χ2n) is 4.83. The first kappa shape index (κ1) is 11.5. The van der Waals surface area contributed by atoms with Gasteiger partial charge >= 0.3 is 0 Å². The van der Waals surface area contributed by atoms with Gasteiger partial charge in [0.1, 0.15) is 4.88 Å². The molecular formula is C12H15ClN2OS. The Morgan fingerprint density at radius 2 is 2.41 bits per heavy atom. The summed E-state index contributed by atoms with van der Waals surface area (Å²) < 4.78 is 0. The molecule has 92 valence electrons. The molecule has 0 saturated carbocycles. The van der Waals surface area contributed by atoms with Crippen molar-refractivity contribution >= 4 is 28.8 Å². The molecule has 1 aromatic rings. The summed E-state index contributed by atoms with van der Waals surface area (Å²) in [5, 5.41) is 5.95. The molecule has 2 aliphatic rings. The van der Waals surface area contributed by atoms with Crippen molar-refractivity contribution in [2.75, 3.05) is 19.6 Å². The maximum atomic E-state index is 12.4. The molecule has 0 radical (unpaired) electrons. The molecule has 0 unspecified atom stereocenters. The summed E-state index contributed by atoms with van der Waals surface area (Å²) in [5.41, 5.74) is 1.00. The van der Waals surface area contributed by atoms with E-state index in [1.165, 1.54) is 11.3 Å². The Morgan fingerprint density at radius 1 is 1.59 bits per heavy atom. The third-order valence-electron chi connectivity index (χ3n) is 3.80. The first-order valence-electron chi connectivity index (χ1n) is 5.93. The molecule has 2 aliphatic heterocycles. The maximum Gasteiger partial charge on any atom is 0.265 e. The lowest BCUT2D eigenvalue weighted by Gasteiger charge is -2.22. The molecule has 1 amide bonds. The quantitative estimate of drug-likeness (QED) is 0.848. The van der Waals surface area contributed by atoms with Gasteiger partial charge in [0.05, 0.1) is 5.02 Å². The van der Waals surface area contributed by atoms with E-state index >= 15 is 0 Å². The fourth-order valence-electron chi connectivity index (χ4n) is 2.81. The Bertz CT molecular complexity index is 459. The molecular weight excluding hydrogens is 256 g/mol. The number of hydrogen-bond acceptors (Lipinski definition) is 3. The van der Waals surface area contributed by atoms with Gasteiger partial charge in [0.15, 0.2) is 0 Å². The number of rotatable bonds is 1. The molecule has 0 aliphatic carbocycles. The van der Waals surface area contributed by atoms with E-state index in [-0.39, 0.29) is 5.91 Å². The van der Waals surface area contributed by atoms with Crippen LogP contribution >= 0.6 is 22.9 Å². The molecule has 2 fully saturated rings. The molecule has 5 heteroatoms. The first-order chi connectivity index (χ1) is 8.18. The molecule has 3 nitrogen and oxygen atoms in total. The van der Waals surface area contributed by atoms with E-state index < -0.39 is 0 Å². The molecule has 0 spiro atoms. The van der Waals surface area contributed by atoms with Crippen LogP contribution in [0.3, 0.4) is 0 Å². The number of nitrogens with one attached hydrogen (secondary N) is 1. The van der Waals surface area contributed by atoms with Crippen LogP contribution in [0.1, 0.15) is 21.7 Å². The summed E-state index contributed by atoms with van der Waals surface area (Å²) >= 11 is 7.63. The molecule has 17 heavy (non-hydrogen) atoms. The van der Waals surface area contributed by atoms with Crippen LogP contribution in [0, 0.1) is 12.8 Å². The number of halogens is 1. The van der Waals surface area contributed by atoms with Crippen molar-refractivity contribution in [3.05, 3.63) is 20.8 Å². The van der Waals surface area contributed by atoms with Crippen molar-refractivity contribution in [2.24, 2.45) is 5.92 Å². The monoisotopic (exact) mass is 270 g/mol. The van der Waals surface area contributed by atoms with Crippen LogP contribution in [0.4, 0.5) is 0 Å². The average Bonchev–Trinajstić information content (AvgIpc) is 2.95. The van der Waals surface area contributed by atoms with Crippen molar-refractivity contribution in [1.82, 2.24) is 10.2 Å². The van der Waals surface area contributed by atoms with E-state index in [2.05, 4.69) is 5.32 Å². The Hall–Kier alpha value is -0.580. The van der Waals surface area contributed by atoms with Crippen LogP contribution in [0.25, 0.3) is 0 Å². The van der Waals surface area contributed by atoms with Crippen molar-refractivity contribution in [3.8, 4) is 0 Å². The highest BCUT2D eigenvalue weighted by atomic mass is 35.5. The summed E-state index contributed by atoms with van der Waals surface area (Å²) in [6.45, 7) is 4.80. The molecule has 0 aromatic carbocycles. The minimum atomic E-state index is 0.115. The van der Waals surface area contributed by atoms with Crippen LogP contribution in [0.15, 0.2) is 5.38 Å². The molecule has 2 atom stereocenters. The Balaban J connectivity index is 1.85. The van der Waals surface area contributed by atoms with Gasteiger partial charge in [-0.3, -0.25) is 4.79 Å². The summed E-state index contributed by atoms with van der Waals surface area (Å²) in [4.78, 5) is 15.2. The average molecular weight is 271 g/mol. The molecule has 0 bridgehead atoms. The summed E-state index contributed by atoms with van der Waals surface area (Å²) in [6, 6.07) is 0.376. The number of likely N-dealkylation sites (tertiary alicyclic amines) is 1. The van der Waals surface area contributed by atoms with Crippen LogP contribution in [-0.4, -0.2) is 36.5 Å². The summed E-state index contributed by atoms with van der Waals surface area (Å²) in [6.07, 6.45) is 1.12. The first-order valence-corrected chi connectivity index (χ1v) is 7.19. The predicted octanol–water partition coefficient (Wildman–Crippen LogP) is 2.14. The fraction of sp³-hybridized carbons (Fsp3) is 0.583. The van der Waals surface area contributed by atoms with E-state index in [1.54, 1.807) is 0 Å². The van der Waals surface area contributed by atoms with Crippen LogP contribution in [0.5, 0.6) is 0 Å². The minimum absolute atomic E-state index is 0.115. The van der Waals surface area contributed by atoms with E-state index in [0.717, 1.165) is 31.6 Å². The van der Waals surface area contributed by atoms with Gasteiger partial charge in [-0.2, -0.15) is 0 Å². The van der Waals surface area contributed by atoms with Crippen molar-refractivity contribution < 1.29 is 4.79 Å². The van der Waals surface area contributed by atoms with Gasteiger partial charge in [0, 0.05) is 25.7 Å². The van der Waals surface area contributed by atoms with Crippen LogP contribution in [-0.2, 0) is 0 Å². The Morgan fingerprint density at radius 3 is 3.12 bits per heavy atom. The topological polar surface area (TPSA) is 32.3 Å². The minimum Gasteiger partial charge on any atom is -0.333 e. The van der Waals surface area contributed by atoms with Gasteiger partial charge in [-0.05, 0) is 30.2 Å². The van der Waals surface area contributed by atoms with Gasteiger partial charge < -0.3 is 10.2 Å². The number of amides is 1. The summed E-state index contributed by atoms with van der Waals surface area (Å²) in [5.74, 6) is 0.753. The van der Waals surface area contributed by atoms with Crippen molar-refractivity contribution in [3.63, 3.8) is 0 Å². The van der Waals surface area contributed by atoms with Gasteiger partial charge in [-0.15, -0.1) is 11.3 Å². The largest absolute Gasteiger partial charge is 0.333 e. The fourth-order valence-corrected chi connectivity index (χ4v) is 4.03. The van der Waals surface area contributed by atoms with E-state index in [4.69, 9.17) is 11.6 Å². The number of thiophene rings is 1. The second-order valence-corrected chi connectivity index (χ2v) is 6.09. The smallest absolute Gasteiger partial charge is 0.265 e. The van der Waals surface area contributed by atoms with Gasteiger partial charge in [-0.1, -0.05) is 11.6 Å². The highest BCUT2D eigenvalue weighted by Gasteiger charge is 2.40. The van der Waals surface area contributed by atoms with Gasteiger partial charge in [0.2, 0.25) is 0 Å². The molecule has 3 heterocycles. The molecule has 1 aromatic heterocycles. The lowest BCUT2D eigenvalue weighted by Crippen LogP contribution is -2.38. The Labute approximate surface area is 110 Å². The number of nitrogens with zero attached hydrogens (tertiary/aromatic N) is 1. The second kappa shape index (κ2) is 4.26. The molecule has 2 saturated heterocycles. The third-order valence-corrected chi connectivity index (χ3v) is 5.48. The zero-order chi connectivity index (χ0) is 12.0. The lowest BCUT2D eigenvalue weighted by molar-refractivity contribution is 0.0742. The lowest BCUT2D eigenvalue weighted by atomic mass is 10.1. The van der Waals surface area contributed by atoms with Crippen LogP contribution in [0.2, 0.25) is 5.02 Å². The SMILES string of the molecule is Cc1csc(C(=O)N2CC[C@H]3CNC[C@H]32)c1Cl. The van der Waals surface area contributed by atoms with Crippen molar-refractivity contribution in [2.45, 2.75) is 19.4 Å². The predicted molar refractivity (Wildman–Crippen MR) is 69.9 cm³/mol. The summed E-state index contributed by atoms with van der Waals surface area (Å²) in [7, 11) is 0. The number of carbonyl (C=O) groups excluding carboxylic acids is 1.